The van der Waals surface area contributed by atoms with Crippen molar-refractivity contribution >= 4 is 48.7 Å². The van der Waals surface area contributed by atoms with Crippen molar-refractivity contribution in [3.63, 3.8) is 0 Å². The van der Waals surface area contributed by atoms with Crippen LogP contribution in [-0.2, 0) is 0 Å². The van der Waals surface area contributed by atoms with Crippen LogP contribution in [0.1, 0.15) is 35.7 Å². The zero-order valence-corrected chi connectivity index (χ0v) is 17.4. The first-order valence-corrected chi connectivity index (χ1v) is 20.2. The molecule has 21 heavy (non-hydrogen) atoms. The van der Waals surface area contributed by atoms with Crippen LogP contribution in [0.15, 0.2) is 54.6 Å². The number of ketones is 1. The fraction of sp³-hybridized carbons (Fsp3) is 0.235. The first kappa shape index (κ1) is 17.2. The van der Waals surface area contributed by atoms with E-state index in [1.54, 1.807) is 0 Å². The molecule has 0 saturated heterocycles. The molecule has 0 amide bonds. The number of benzene rings is 2. The summed E-state index contributed by atoms with van der Waals surface area (Å²) >= 11 is 5.35. The normalized spacial score (nSPS) is 12.1. The second-order valence-corrected chi connectivity index (χ2v) is 31.2. The molecule has 0 unspecified atom stereocenters. The second kappa shape index (κ2) is 7.92. The van der Waals surface area contributed by atoms with Crippen molar-refractivity contribution in [1.29, 1.82) is 0 Å². The van der Waals surface area contributed by atoms with Crippen molar-refractivity contribution in [2.24, 2.45) is 0 Å². The summed E-state index contributed by atoms with van der Waals surface area (Å²) in [7, 11) is 0. The molecule has 4 heteroatoms. The molecule has 2 aromatic carbocycles. The van der Waals surface area contributed by atoms with Gasteiger partial charge in [-0.05, 0) is 0 Å². The topological polar surface area (TPSA) is 17.1 Å². The van der Waals surface area contributed by atoms with E-state index in [0.29, 0.717) is 0 Å². The third-order valence-electron chi connectivity index (χ3n) is 3.24. The maximum absolute atomic E-state index is 12.8. The molecule has 2 rings (SSSR count). The Balaban J connectivity index is 2.40. The Labute approximate surface area is 142 Å². The molecule has 0 radical (unpaired) electrons. The fourth-order valence-corrected chi connectivity index (χ4v) is 13.6. The summed E-state index contributed by atoms with van der Waals surface area (Å²) < 4.78 is 2.31. The molecule has 0 heterocycles. The van der Waals surface area contributed by atoms with Crippen molar-refractivity contribution in [1.82, 2.24) is 0 Å². The Morgan fingerprint density at radius 1 is 1.00 bits per heavy atom. The van der Waals surface area contributed by atoms with E-state index in [1.807, 2.05) is 48.5 Å². The van der Waals surface area contributed by atoms with Gasteiger partial charge in [-0.1, -0.05) is 0 Å². The van der Waals surface area contributed by atoms with Gasteiger partial charge in [-0.25, -0.2) is 0 Å². The minimum atomic E-state index is -2.52. The molecule has 0 aliphatic carbocycles. The molecule has 0 spiro atoms. The summed E-state index contributed by atoms with van der Waals surface area (Å²) in [5.74, 6) is 0.109. The Morgan fingerprint density at radius 3 is 2.29 bits per heavy atom. The molecular weight excluding hydrogens is 508 g/mol. The molecular formula is C17H18Br2OTe. The summed E-state index contributed by atoms with van der Waals surface area (Å²) in [6.07, 6.45) is 2.34. The number of carbonyl (C=O) groups is 1. The summed E-state index contributed by atoms with van der Waals surface area (Å²) in [4.78, 5) is 12.8. The predicted molar refractivity (Wildman–Crippen MR) is 99.3 cm³/mol. The number of unbranched alkanes of at least 4 members (excludes halogenated alkanes) is 1. The van der Waals surface area contributed by atoms with Gasteiger partial charge in [0, 0.05) is 0 Å². The van der Waals surface area contributed by atoms with E-state index in [1.165, 1.54) is 16.5 Å². The van der Waals surface area contributed by atoms with Crippen molar-refractivity contribution in [2.45, 2.75) is 24.2 Å². The average Bonchev–Trinajstić information content (AvgIpc) is 2.53. The van der Waals surface area contributed by atoms with E-state index in [2.05, 4.69) is 38.5 Å². The SMILES string of the molecule is CCCC[Te](Br)(Br)c1ccccc1C(=O)c1ccccc1. The van der Waals surface area contributed by atoms with Crippen LogP contribution in [0, 0.1) is 0 Å². The standard InChI is InChI=1S/C17H18Br2OTe/c1-2-3-13-21(18,19)16-12-8-7-11-15(16)17(20)14-9-5-4-6-10-14/h4-12H,2-3,13H2,1H3. The van der Waals surface area contributed by atoms with Crippen LogP contribution in [0.5, 0.6) is 0 Å². The van der Waals surface area contributed by atoms with Crippen LogP contribution in [0.3, 0.4) is 0 Å². The van der Waals surface area contributed by atoms with Crippen LogP contribution < -0.4 is 3.61 Å². The molecule has 1 nitrogen and oxygen atoms in total. The quantitative estimate of drug-likeness (QED) is 0.376. The monoisotopic (exact) mass is 526 g/mol. The van der Waals surface area contributed by atoms with Gasteiger partial charge in [0.05, 0.1) is 0 Å². The molecule has 0 aliphatic rings. The van der Waals surface area contributed by atoms with Gasteiger partial charge < -0.3 is 0 Å². The van der Waals surface area contributed by atoms with Crippen LogP contribution in [0.4, 0.5) is 0 Å². The van der Waals surface area contributed by atoms with E-state index < -0.39 is 13.8 Å². The second-order valence-electron chi connectivity index (χ2n) is 4.82. The molecule has 0 fully saturated rings. The Bertz CT molecular complexity index is 611. The first-order chi connectivity index (χ1) is 10.1. The van der Waals surface area contributed by atoms with E-state index in [9.17, 15) is 4.79 Å². The van der Waals surface area contributed by atoms with Gasteiger partial charge in [0.15, 0.2) is 0 Å². The summed E-state index contributed by atoms with van der Waals surface area (Å²) in [5.41, 5.74) is 1.58. The summed E-state index contributed by atoms with van der Waals surface area (Å²) in [6, 6.07) is 17.5. The third kappa shape index (κ3) is 4.42. The number of hydrogen-bond donors (Lipinski definition) is 0. The van der Waals surface area contributed by atoms with Crippen LogP contribution in [0.2, 0.25) is 4.47 Å². The number of rotatable bonds is 6. The molecule has 0 saturated carbocycles. The van der Waals surface area contributed by atoms with Gasteiger partial charge in [0.1, 0.15) is 0 Å². The van der Waals surface area contributed by atoms with Gasteiger partial charge in [-0.3, -0.25) is 0 Å². The zero-order valence-electron chi connectivity index (χ0n) is 11.9. The van der Waals surface area contributed by atoms with Crippen LogP contribution >= 0.6 is 25.5 Å². The molecule has 2 aromatic rings. The van der Waals surface area contributed by atoms with Gasteiger partial charge in [-0.2, -0.15) is 0 Å². The Morgan fingerprint density at radius 2 is 1.62 bits per heavy atom. The zero-order chi connectivity index (χ0) is 15.3. The van der Waals surface area contributed by atoms with Crippen molar-refractivity contribution in [3.8, 4) is 0 Å². The van der Waals surface area contributed by atoms with Gasteiger partial charge in [0.2, 0.25) is 0 Å². The van der Waals surface area contributed by atoms with Crippen molar-refractivity contribution in [3.05, 3.63) is 65.7 Å². The fourth-order valence-electron chi connectivity index (χ4n) is 2.10. The van der Waals surface area contributed by atoms with Gasteiger partial charge in [0.25, 0.3) is 0 Å². The van der Waals surface area contributed by atoms with Gasteiger partial charge in [-0.15, -0.1) is 0 Å². The van der Waals surface area contributed by atoms with E-state index >= 15 is 0 Å². The number of halogens is 2. The van der Waals surface area contributed by atoms with Crippen molar-refractivity contribution in [2.75, 3.05) is 0 Å². The predicted octanol–water partition coefficient (Wildman–Crippen LogP) is 5.16. The van der Waals surface area contributed by atoms with E-state index in [-0.39, 0.29) is 5.78 Å². The number of carbonyl (C=O) groups excluding carboxylic acids is 1. The third-order valence-corrected chi connectivity index (χ3v) is 17.4. The minimum absolute atomic E-state index is 0.109. The average molecular weight is 526 g/mol. The molecule has 0 N–H and O–H groups in total. The van der Waals surface area contributed by atoms with Crippen LogP contribution in [0.25, 0.3) is 0 Å². The molecule has 0 bridgehead atoms. The van der Waals surface area contributed by atoms with E-state index in [4.69, 9.17) is 0 Å². The molecule has 112 valence electrons. The summed E-state index contributed by atoms with van der Waals surface area (Å²) in [6.45, 7) is 2.19. The maximum atomic E-state index is 12.8. The summed E-state index contributed by atoms with van der Waals surface area (Å²) in [5, 5.41) is 0. The van der Waals surface area contributed by atoms with E-state index in [0.717, 1.165) is 15.6 Å². The molecule has 0 aromatic heterocycles. The molecule has 0 atom stereocenters. The Kier molecular flexibility index (Phi) is 6.50. The van der Waals surface area contributed by atoms with Crippen molar-refractivity contribution < 1.29 is 4.79 Å². The van der Waals surface area contributed by atoms with Gasteiger partial charge >= 0.3 is 143 Å². The van der Waals surface area contributed by atoms with Crippen LogP contribution in [-0.4, -0.2) is 19.5 Å². The Hall–Kier alpha value is -0.140. The first-order valence-electron chi connectivity index (χ1n) is 6.95. The molecule has 0 aliphatic heterocycles. The number of hydrogen-bond acceptors (Lipinski definition) is 1.